The fourth-order valence-electron chi connectivity index (χ4n) is 4.88. The van der Waals surface area contributed by atoms with Crippen LogP contribution in [-0.4, -0.2) is 34.6 Å². The van der Waals surface area contributed by atoms with Gasteiger partial charge in [-0.1, -0.05) is 0 Å². The normalized spacial score (nSPS) is 26.9. The Morgan fingerprint density at radius 1 is 1.30 bits per heavy atom. The summed E-state index contributed by atoms with van der Waals surface area (Å²) in [5, 5.41) is 9.38. The Bertz CT molecular complexity index is 1040. The van der Waals surface area contributed by atoms with E-state index in [1.165, 1.54) is 10.5 Å². The molecule has 3 N–H and O–H groups in total. The van der Waals surface area contributed by atoms with Gasteiger partial charge in [0.15, 0.2) is 5.82 Å². The van der Waals surface area contributed by atoms with Crippen molar-refractivity contribution in [1.82, 2.24) is 4.40 Å². The molecule has 2 saturated carbocycles. The van der Waals surface area contributed by atoms with Crippen molar-refractivity contribution in [3.8, 4) is 0 Å². The van der Waals surface area contributed by atoms with Gasteiger partial charge in [0, 0.05) is 19.1 Å². The van der Waals surface area contributed by atoms with Crippen molar-refractivity contribution < 1.29 is 14.3 Å². The lowest BCUT2D eigenvalue weighted by molar-refractivity contribution is 0.0694. The predicted octanol–water partition coefficient (Wildman–Crippen LogP) is 2.11. The summed E-state index contributed by atoms with van der Waals surface area (Å²) in [5.74, 6) is -0.568. The van der Waals surface area contributed by atoms with E-state index in [1.54, 1.807) is 0 Å². The number of carbonyl (C=O) groups is 1. The zero-order valence-electron chi connectivity index (χ0n) is 15.1. The van der Waals surface area contributed by atoms with Gasteiger partial charge in [-0.05, 0) is 61.1 Å². The summed E-state index contributed by atoms with van der Waals surface area (Å²) in [5.41, 5.74) is 7.84. The van der Waals surface area contributed by atoms with Crippen molar-refractivity contribution in [3.05, 3.63) is 45.1 Å². The highest BCUT2D eigenvalue weighted by Gasteiger charge is 2.50. The monoisotopic (exact) mass is 371 g/mol. The second kappa shape index (κ2) is 5.55. The average molecular weight is 371 g/mol. The average Bonchev–Trinajstić information content (AvgIpc) is 3.54. The highest BCUT2D eigenvalue weighted by molar-refractivity contribution is 5.89. The number of anilines is 1. The molecule has 3 heterocycles. The topological polar surface area (TPSA) is 88.0 Å². The molecule has 3 aliphatic rings. The number of nitrogens with two attached hydrogens (primary N) is 1. The highest BCUT2D eigenvalue weighted by Crippen LogP contribution is 2.47. The van der Waals surface area contributed by atoms with Crippen LogP contribution in [0.2, 0.25) is 0 Å². The molecule has 142 valence electrons. The minimum Gasteiger partial charge on any atom is -0.477 e. The smallest absolute Gasteiger partial charge is 0.341 e. The number of piperidine rings is 1. The molecule has 2 aliphatic carbocycles. The summed E-state index contributed by atoms with van der Waals surface area (Å²) in [6.45, 7) is 3.31. The Morgan fingerprint density at radius 3 is 2.67 bits per heavy atom. The van der Waals surface area contributed by atoms with Gasteiger partial charge < -0.3 is 15.7 Å². The van der Waals surface area contributed by atoms with Crippen LogP contribution in [0.3, 0.4) is 0 Å². The second-order valence-corrected chi connectivity index (χ2v) is 8.21. The van der Waals surface area contributed by atoms with E-state index in [1.807, 2.05) is 11.8 Å². The number of aromatic nitrogens is 1. The summed E-state index contributed by atoms with van der Waals surface area (Å²) in [6, 6.07) is 1.71. The molecule has 2 aromatic rings. The third-order valence-corrected chi connectivity index (χ3v) is 6.57. The fraction of sp³-hybridized carbons (Fsp3) is 0.500. The second-order valence-electron chi connectivity index (χ2n) is 8.21. The Kier molecular flexibility index (Phi) is 3.44. The first-order valence-corrected chi connectivity index (χ1v) is 9.50. The molecule has 0 unspecified atom stereocenters. The number of rotatable bonds is 3. The predicted molar refractivity (Wildman–Crippen MR) is 99.1 cm³/mol. The zero-order valence-corrected chi connectivity index (χ0v) is 15.1. The van der Waals surface area contributed by atoms with E-state index in [0.29, 0.717) is 28.6 Å². The fourth-order valence-corrected chi connectivity index (χ4v) is 4.88. The molecule has 0 spiro atoms. The molecular weight excluding hydrogens is 349 g/mol. The Morgan fingerprint density at radius 2 is 2.04 bits per heavy atom. The van der Waals surface area contributed by atoms with Gasteiger partial charge in [0.25, 0.3) is 5.56 Å². The van der Waals surface area contributed by atoms with Crippen LogP contribution in [0.1, 0.15) is 46.7 Å². The first-order chi connectivity index (χ1) is 12.9. The molecule has 0 bridgehead atoms. The number of nitrogens with zero attached hydrogens (tertiary/aromatic N) is 2. The van der Waals surface area contributed by atoms with Crippen LogP contribution in [0.15, 0.2) is 17.1 Å². The maximum atomic E-state index is 15.1. The molecule has 3 atom stereocenters. The Balaban J connectivity index is 1.72. The molecule has 1 aliphatic heterocycles. The molecule has 2 aromatic heterocycles. The summed E-state index contributed by atoms with van der Waals surface area (Å²) >= 11 is 0. The van der Waals surface area contributed by atoms with Gasteiger partial charge in [-0.25, -0.2) is 9.18 Å². The lowest BCUT2D eigenvalue weighted by Crippen LogP contribution is -2.33. The molecule has 3 fully saturated rings. The van der Waals surface area contributed by atoms with Crippen molar-refractivity contribution in [3.63, 3.8) is 0 Å². The van der Waals surface area contributed by atoms with Crippen molar-refractivity contribution in [2.24, 2.45) is 17.6 Å². The summed E-state index contributed by atoms with van der Waals surface area (Å²) in [4.78, 5) is 26.2. The van der Waals surface area contributed by atoms with Crippen molar-refractivity contribution in [1.29, 1.82) is 0 Å². The van der Waals surface area contributed by atoms with Crippen LogP contribution >= 0.6 is 0 Å². The lowest BCUT2D eigenvalue weighted by Gasteiger charge is -2.31. The van der Waals surface area contributed by atoms with Gasteiger partial charge in [0.05, 0.1) is 17.4 Å². The number of aryl methyl sites for hydroxylation is 1. The summed E-state index contributed by atoms with van der Waals surface area (Å²) < 4.78 is 16.3. The van der Waals surface area contributed by atoms with Crippen LogP contribution in [0.4, 0.5) is 10.1 Å². The largest absolute Gasteiger partial charge is 0.477 e. The van der Waals surface area contributed by atoms with Crippen LogP contribution in [0, 0.1) is 24.6 Å². The third kappa shape index (κ3) is 2.41. The van der Waals surface area contributed by atoms with Gasteiger partial charge in [-0.3, -0.25) is 9.20 Å². The lowest BCUT2D eigenvalue weighted by atomic mass is 10.0. The van der Waals surface area contributed by atoms with Gasteiger partial charge >= 0.3 is 5.97 Å². The molecule has 5 rings (SSSR count). The molecule has 0 radical (unpaired) electrons. The molecule has 0 amide bonds. The summed E-state index contributed by atoms with van der Waals surface area (Å²) in [7, 11) is 0. The number of carboxylic acid groups (broad SMARTS) is 1. The van der Waals surface area contributed by atoms with Crippen molar-refractivity contribution in [2.45, 2.75) is 38.1 Å². The number of aromatic carboxylic acids is 1. The number of carboxylic acids is 1. The maximum Gasteiger partial charge on any atom is 0.341 e. The number of hydrogen-bond donors (Lipinski definition) is 2. The van der Waals surface area contributed by atoms with E-state index in [4.69, 9.17) is 5.73 Å². The van der Waals surface area contributed by atoms with Gasteiger partial charge in [-0.2, -0.15) is 0 Å². The standard InChI is InChI=1S/C20H22FN3O3/c1-9-17-12(10-2-3-10)6-13(20(26)27)19(25)24(17)8-15(21)18(9)23-5-4-11-14(7-23)16(11)22/h6,8,10-11,14,16H,2-5,7,22H2,1H3,(H,26,27)/t11-,14+,16-/m0/s1. The third-order valence-electron chi connectivity index (χ3n) is 6.57. The maximum absolute atomic E-state index is 15.1. The molecular formula is C20H22FN3O3. The van der Waals surface area contributed by atoms with Crippen LogP contribution in [-0.2, 0) is 0 Å². The minimum atomic E-state index is -1.27. The highest BCUT2D eigenvalue weighted by atomic mass is 19.1. The van der Waals surface area contributed by atoms with E-state index < -0.39 is 17.3 Å². The molecule has 0 aromatic carbocycles. The Hall–Kier alpha value is -2.41. The van der Waals surface area contributed by atoms with E-state index in [9.17, 15) is 14.7 Å². The molecule has 1 saturated heterocycles. The van der Waals surface area contributed by atoms with Crippen LogP contribution in [0.25, 0.3) is 5.52 Å². The molecule has 6 nitrogen and oxygen atoms in total. The van der Waals surface area contributed by atoms with Gasteiger partial charge in [0.2, 0.25) is 0 Å². The van der Waals surface area contributed by atoms with Gasteiger partial charge in [0.1, 0.15) is 5.56 Å². The first-order valence-electron chi connectivity index (χ1n) is 9.50. The molecule has 27 heavy (non-hydrogen) atoms. The minimum absolute atomic E-state index is 0.210. The Labute approximate surface area is 155 Å². The van der Waals surface area contributed by atoms with E-state index in [0.717, 1.165) is 44.1 Å². The first kappa shape index (κ1) is 16.7. The van der Waals surface area contributed by atoms with Crippen molar-refractivity contribution in [2.75, 3.05) is 18.0 Å². The summed E-state index contributed by atoms with van der Waals surface area (Å²) in [6.07, 6.45) is 4.04. The van der Waals surface area contributed by atoms with Gasteiger partial charge in [-0.15, -0.1) is 0 Å². The number of pyridine rings is 2. The molecule has 7 heteroatoms. The van der Waals surface area contributed by atoms with E-state index in [-0.39, 0.29) is 17.5 Å². The number of hydrogen-bond acceptors (Lipinski definition) is 4. The number of halogens is 1. The quantitative estimate of drug-likeness (QED) is 0.863. The zero-order chi connectivity index (χ0) is 19.0. The van der Waals surface area contributed by atoms with Crippen molar-refractivity contribution >= 4 is 17.2 Å². The van der Waals surface area contributed by atoms with E-state index in [2.05, 4.69) is 0 Å². The van der Waals surface area contributed by atoms with Crippen LogP contribution in [0.5, 0.6) is 0 Å². The SMILES string of the molecule is Cc1c(N2CC[C@@H]3[C@H](N)[C@@H]3C2)c(F)cn2c(=O)c(C(=O)O)cc(C3CC3)c12. The van der Waals surface area contributed by atoms with E-state index >= 15 is 4.39 Å². The van der Waals surface area contributed by atoms with Crippen LogP contribution < -0.4 is 16.2 Å². The number of fused-ring (bicyclic) bond motifs is 2.